The number of fused-ring (bicyclic) bond motifs is 1. The van der Waals surface area contributed by atoms with Gasteiger partial charge in [0.2, 0.25) is 0 Å². The quantitative estimate of drug-likeness (QED) is 0.646. The van der Waals surface area contributed by atoms with E-state index in [-0.39, 0.29) is 0 Å². The van der Waals surface area contributed by atoms with Crippen molar-refractivity contribution in [1.82, 2.24) is 19.7 Å². The molecule has 1 aliphatic rings. The first-order valence-corrected chi connectivity index (χ1v) is 8.95. The van der Waals surface area contributed by atoms with E-state index < -0.39 is 18.1 Å². The van der Waals surface area contributed by atoms with E-state index in [0.29, 0.717) is 39.5 Å². The Kier molecular flexibility index (Phi) is 4.29. The summed E-state index contributed by atoms with van der Waals surface area (Å²) in [6.07, 6.45) is 2.37. The van der Waals surface area contributed by atoms with Crippen molar-refractivity contribution in [3.63, 3.8) is 0 Å². The summed E-state index contributed by atoms with van der Waals surface area (Å²) in [5.74, 6) is -0.641. The molecule has 26 heavy (non-hydrogen) atoms. The van der Waals surface area contributed by atoms with Gasteiger partial charge < -0.3 is 15.1 Å². The molecule has 1 aromatic carbocycles. The number of hydrogen-bond donors (Lipinski definition) is 2. The first-order valence-electron chi connectivity index (χ1n) is 7.78. The first kappa shape index (κ1) is 17.2. The third kappa shape index (κ3) is 2.81. The lowest BCUT2D eigenvalue weighted by atomic mass is 10.1. The maximum atomic E-state index is 11.6. The van der Waals surface area contributed by atoms with Crippen molar-refractivity contribution in [1.29, 1.82) is 0 Å². The van der Waals surface area contributed by atoms with Gasteiger partial charge in [-0.2, -0.15) is 5.10 Å². The lowest BCUT2D eigenvalue weighted by molar-refractivity contribution is -0.140. The zero-order chi connectivity index (χ0) is 18.4. The van der Waals surface area contributed by atoms with Crippen LogP contribution in [-0.2, 0) is 4.79 Å². The van der Waals surface area contributed by atoms with Crippen molar-refractivity contribution in [2.75, 3.05) is 11.4 Å². The second kappa shape index (κ2) is 6.49. The summed E-state index contributed by atoms with van der Waals surface area (Å²) in [6.45, 7) is 0.391. The standard InChI is InChI=1S/C16H13BrClN5O3/c17-9-4-11-8(3-10(9)18)12(23-7-19-6-20-23)5-14(21-11)22-2-1-13(24)15(22)16(25)26/h3-7,13,15,24H,1-2H2,(H,25,26)/t13-,15-/m0/s1. The fraction of sp³-hybridized carbons (Fsp3) is 0.250. The van der Waals surface area contributed by atoms with Crippen LogP contribution in [0, 0.1) is 0 Å². The van der Waals surface area contributed by atoms with Crippen LogP contribution >= 0.6 is 27.5 Å². The predicted molar refractivity (Wildman–Crippen MR) is 98.8 cm³/mol. The average molecular weight is 439 g/mol. The fourth-order valence-electron chi connectivity index (χ4n) is 3.19. The Morgan fingerprint density at radius 2 is 2.15 bits per heavy atom. The summed E-state index contributed by atoms with van der Waals surface area (Å²) in [5.41, 5.74) is 1.29. The SMILES string of the molecule is O=C(O)[C@@H]1[C@@H](O)CCN1c1cc(-n2cncn2)c2cc(Cl)c(Br)cc2n1. The van der Waals surface area contributed by atoms with E-state index in [9.17, 15) is 15.0 Å². The number of aromatic nitrogens is 4. The minimum atomic E-state index is -1.09. The Morgan fingerprint density at radius 3 is 2.85 bits per heavy atom. The van der Waals surface area contributed by atoms with Gasteiger partial charge in [0, 0.05) is 22.5 Å². The van der Waals surface area contributed by atoms with Gasteiger partial charge in [-0.25, -0.2) is 19.4 Å². The van der Waals surface area contributed by atoms with Crippen molar-refractivity contribution < 1.29 is 15.0 Å². The van der Waals surface area contributed by atoms with Gasteiger partial charge in [-0.3, -0.25) is 0 Å². The maximum absolute atomic E-state index is 11.6. The number of nitrogens with zero attached hydrogens (tertiary/aromatic N) is 5. The van der Waals surface area contributed by atoms with Gasteiger partial charge in [0.05, 0.1) is 22.3 Å². The van der Waals surface area contributed by atoms with E-state index in [2.05, 4.69) is 31.0 Å². The zero-order valence-electron chi connectivity index (χ0n) is 13.3. The van der Waals surface area contributed by atoms with Crippen LogP contribution in [0.15, 0.2) is 35.3 Å². The maximum Gasteiger partial charge on any atom is 0.329 e. The molecule has 0 spiro atoms. The van der Waals surface area contributed by atoms with Crippen molar-refractivity contribution >= 4 is 50.2 Å². The summed E-state index contributed by atoms with van der Waals surface area (Å²) in [4.78, 5) is 21.7. The largest absolute Gasteiger partial charge is 0.480 e. The Bertz CT molecular complexity index is 997. The van der Waals surface area contributed by atoms with Crippen LogP contribution in [0.3, 0.4) is 0 Å². The molecule has 1 fully saturated rings. The monoisotopic (exact) mass is 437 g/mol. The lowest BCUT2D eigenvalue weighted by Gasteiger charge is -2.24. The van der Waals surface area contributed by atoms with E-state index in [1.165, 1.54) is 6.33 Å². The molecule has 1 aliphatic heterocycles. The van der Waals surface area contributed by atoms with Crippen molar-refractivity contribution in [3.05, 3.63) is 40.3 Å². The second-order valence-corrected chi connectivity index (χ2v) is 7.22. The first-order chi connectivity index (χ1) is 12.5. The molecule has 3 aromatic rings. The van der Waals surface area contributed by atoms with E-state index in [1.54, 1.807) is 34.1 Å². The van der Waals surface area contributed by atoms with Crippen molar-refractivity contribution in [3.8, 4) is 5.69 Å². The van der Waals surface area contributed by atoms with Crippen LogP contribution in [0.5, 0.6) is 0 Å². The van der Waals surface area contributed by atoms with Gasteiger partial charge in [0.15, 0.2) is 6.04 Å². The number of carboxylic acid groups (broad SMARTS) is 1. The van der Waals surface area contributed by atoms with E-state index in [4.69, 9.17) is 11.6 Å². The molecule has 1 saturated heterocycles. The number of carbonyl (C=O) groups is 1. The topological polar surface area (TPSA) is 104 Å². The number of pyridine rings is 1. The molecule has 0 saturated carbocycles. The van der Waals surface area contributed by atoms with Crippen LogP contribution in [0.4, 0.5) is 5.82 Å². The normalized spacial score (nSPS) is 20.0. The van der Waals surface area contributed by atoms with Gasteiger partial charge in [0.1, 0.15) is 18.5 Å². The fourth-order valence-corrected chi connectivity index (χ4v) is 3.68. The predicted octanol–water partition coefficient (Wildman–Crippen LogP) is 2.26. The van der Waals surface area contributed by atoms with Crippen LogP contribution in [0.1, 0.15) is 6.42 Å². The minimum absolute atomic E-state index is 0.361. The molecule has 0 unspecified atom stereocenters. The highest BCUT2D eigenvalue weighted by Crippen LogP contribution is 2.34. The molecule has 2 N–H and O–H groups in total. The third-order valence-electron chi connectivity index (χ3n) is 4.39. The van der Waals surface area contributed by atoms with Crippen LogP contribution in [-0.4, -0.2) is 54.6 Å². The van der Waals surface area contributed by atoms with Crippen molar-refractivity contribution in [2.24, 2.45) is 0 Å². The van der Waals surface area contributed by atoms with E-state index in [0.717, 1.165) is 5.39 Å². The van der Waals surface area contributed by atoms with Crippen LogP contribution < -0.4 is 4.90 Å². The van der Waals surface area contributed by atoms with Crippen LogP contribution in [0.25, 0.3) is 16.6 Å². The summed E-state index contributed by atoms with van der Waals surface area (Å²) in [5, 5.41) is 25.0. The Hall–Kier alpha value is -2.23. The molecule has 10 heteroatoms. The summed E-state index contributed by atoms with van der Waals surface area (Å²) in [7, 11) is 0. The smallest absolute Gasteiger partial charge is 0.329 e. The number of aliphatic hydroxyl groups excluding tert-OH is 1. The Labute approximate surface area is 161 Å². The molecular formula is C16H13BrClN5O3. The molecule has 2 aromatic heterocycles. The zero-order valence-corrected chi connectivity index (χ0v) is 15.6. The second-order valence-electron chi connectivity index (χ2n) is 5.96. The van der Waals surface area contributed by atoms with Crippen molar-refractivity contribution in [2.45, 2.75) is 18.6 Å². The van der Waals surface area contributed by atoms with E-state index in [1.807, 2.05) is 0 Å². The number of carboxylic acids is 1. The van der Waals surface area contributed by atoms with Crippen LogP contribution in [0.2, 0.25) is 5.02 Å². The number of benzene rings is 1. The number of rotatable bonds is 3. The van der Waals surface area contributed by atoms with Gasteiger partial charge in [-0.15, -0.1) is 0 Å². The van der Waals surface area contributed by atoms with Gasteiger partial charge >= 0.3 is 5.97 Å². The van der Waals surface area contributed by atoms with Gasteiger partial charge in [0.25, 0.3) is 0 Å². The summed E-state index contributed by atoms with van der Waals surface area (Å²) < 4.78 is 2.25. The lowest BCUT2D eigenvalue weighted by Crippen LogP contribution is -2.42. The molecule has 4 rings (SSSR count). The summed E-state index contributed by atoms with van der Waals surface area (Å²) >= 11 is 9.62. The number of halogens is 2. The highest BCUT2D eigenvalue weighted by atomic mass is 79.9. The molecule has 8 nitrogen and oxygen atoms in total. The van der Waals surface area contributed by atoms with Gasteiger partial charge in [-0.05, 0) is 34.5 Å². The highest BCUT2D eigenvalue weighted by molar-refractivity contribution is 9.10. The summed E-state index contributed by atoms with van der Waals surface area (Å²) in [6, 6.07) is 4.22. The molecule has 0 aliphatic carbocycles. The Balaban J connectivity index is 1.94. The molecular weight excluding hydrogens is 426 g/mol. The number of hydrogen-bond acceptors (Lipinski definition) is 6. The highest BCUT2D eigenvalue weighted by Gasteiger charge is 2.39. The number of aliphatic hydroxyl groups is 1. The minimum Gasteiger partial charge on any atom is -0.480 e. The molecule has 0 amide bonds. The Morgan fingerprint density at radius 1 is 1.35 bits per heavy atom. The molecule has 3 heterocycles. The molecule has 2 atom stereocenters. The molecule has 0 bridgehead atoms. The number of anilines is 1. The molecule has 134 valence electrons. The average Bonchev–Trinajstić information content (AvgIpc) is 3.24. The van der Waals surface area contributed by atoms with Gasteiger partial charge in [-0.1, -0.05) is 11.6 Å². The molecule has 0 radical (unpaired) electrons. The third-order valence-corrected chi connectivity index (χ3v) is 5.59. The number of aliphatic carboxylic acids is 1. The van der Waals surface area contributed by atoms with E-state index >= 15 is 0 Å².